The van der Waals surface area contributed by atoms with E-state index in [2.05, 4.69) is 56.0 Å². The minimum Gasteiger partial charge on any atom is -0.372 e. The van der Waals surface area contributed by atoms with Crippen molar-refractivity contribution in [3.8, 4) is 0 Å². The van der Waals surface area contributed by atoms with Gasteiger partial charge in [-0.25, -0.2) is 0 Å². The van der Waals surface area contributed by atoms with Crippen LogP contribution < -0.4 is 10.6 Å². The fourth-order valence-electron chi connectivity index (χ4n) is 2.45. The van der Waals surface area contributed by atoms with Crippen LogP contribution in [0.3, 0.4) is 0 Å². The van der Waals surface area contributed by atoms with Crippen molar-refractivity contribution >= 4 is 5.69 Å². The molecule has 1 aromatic carbocycles. The Balaban J connectivity index is 2.48. The van der Waals surface area contributed by atoms with Gasteiger partial charge in [0.15, 0.2) is 0 Å². The van der Waals surface area contributed by atoms with Gasteiger partial charge in [0.25, 0.3) is 0 Å². The lowest BCUT2D eigenvalue weighted by molar-refractivity contribution is 0.395. The summed E-state index contributed by atoms with van der Waals surface area (Å²) >= 11 is 0. The van der Waals surface area contributed by atoms with E-state index in [1.807, 2.05) is 0 Å². The lowest BCUT2D eigenvalue weighted by atomic mass is 9.94. The molecular weight excluding hydrogens is 220 g/mol. The van der Waals surface area contributed by atoms with Crippen LogP contribution >= 0.6 is 0 Å². The average molecular weight is 248 g/mol. The highest BCUT2D eigenvalue weighted by Gasteiger charge is 2.11. The van der Waals surface area contributed by atoms with Gasteiger partial charge in [-0.3, -0.25) is 0 Å². The van der Waals surface area contributed by atoms with Crippen LogP contribution in [0, 0.1) is 11.8 Å². The first-order valence-corrected chi connectivity index (χ1v) is 7.17. The number of anilines is 1. The normalized spacial score (nSPS) is 12.7. The maximum atomic E-state index is 5.87. The highest BCUT2D eigenvalue weighted by atomic mass is 15.1. The Hall–Kier alpha value is -1.02. The fourth-order valence-corrected chi connectivity index (χ4v) is 2.45. The van der Waals surface area contributed by atoms with Crippen molar-refractivity contribution in [2.45, 2.75) is 33.6 Å². The number of rotatable bonds is 8. The monoisotopic (exact) mass is 248 g/mol. The van der Waals surface area contributed by atoms with Crippen LogP contribution in [-0.4, -0.2) is 19.6 Å². The predicted molar refractivity (Wildman–Crippen MR) is 80.9 cm³/mol. The van der Waals surface area contributed by atoms with E-state index in [1.165, 1.54) is 18.5 Å². The summed E-state index contributed by atoms with van der Waals surface area (Å²) in [6, 6.07) is 10.6. The van der Waals surface area contributed by atoms with Crippen LogP contribution in [-0.2, 0) is 0 Å². The van der Waals surface area contributed by atoms with Gasteiger partial charge in [-0.05, 0) is 50.3 Å². The van der Waals surface area contributed by atoms with Crippen LogP contribution in [0.15, 0.2) is 30.3 Å². The predicted octanol–water partition coefficient (Wildman–Crippen LogP) is 3.52. The number of nitrogens with two attached hydrogens (primary N) is 1. The molecule has 0 radical (unpaired) electrons. The summed E-state index contributed by atoms with van der Waals surface area (Å²) in [7, 11) is 0. The van der Waals surface area contributed by atoms with Crippen molar-refractivity contribution in [3.63, 3.8) is 0 Å². The van der Waals surface area contributed by atoms with E-state index >= 15 is 0 Å². The molecule has 1 rings (SSSR count). The van der Waals surface area contributed by atoms with E-state index in [4.69, 9.17) is 5.73 Å². The maximum Gasteiger partial charge on any atom is 0.0366 e. The molecule has 0 saturated heterocycles. The topological polar surface area (TPSA) is 29.3 Å². The second-order valence-electron chi connectivity index (χ2n) is 5.44. The molecule has 0 heterocycles. The number of para-hydroxylation sites is 1. The minimum atomic E-state index is 0.655. The molecule has 0 bridgehead atoms. The summed E-state index contributed by atoms with van der Waals surface area (Å²) < 4.78 is 0. The van der Waals surface area contributed by atoms with Crippen molar-refractivity contribution in [1.29, 1.82) is 0 Å². The van der Waals surface area contributed by atoms with E-state index in [0.717, 1.165) is 25.6 Å². The molecule has 2 heteroatoms. The number of hydrogen-bond donors (Lipinski definition) is 1. The van der Waals surface area contributed by atoms with Gasteiger partial charge in [0.2, 0.25) is 0 Å². The van der Waals surface area contributed by atoms with Gasteiger partial charge in [-0.15, -0.1) is 0 Å². The molecule has 0 spiro atoms. The first kappa shape index (κ1) is 15.0. The molecule has 2 N–H and O–H groups in total. The maximum absolute atomic E-state index is 5.87. The SMILES string of the molecule is CCN(CCC(CN)CC(C)C)c1ccccc1. The average Bonchev–Trinajstić information content (AvgIpc) is 2.39. The zero-order valence-corrected chi connectivity index (χ0v) is 12.1. The quantitative estimate of drug-likeness (QED) is 0.762. The summed E-state index contributed by atoms with van der Waals surface area (Å²) in [5.41, 5.74) is 7.19. The lowest BCUT2D eigenvalue weighted by Crippen LogP contribution is -2.28. The third-order valence-electron chi connectivity index (χ3n) is 3.45. The van der Waals surface area contributed by atoms with Crippen molar-refractivity contribution in [2.75, 3.05) is 24.5 Å². The molecule has 0 aliphatic heterocycles. The van der Waals surface area contributed by atoms with Crippen molar-refractivity contribution in [2.24, 2.45) is 17.6 Å². The second kappa shape index (κ2) is 8.15. The summed E-state index contributed by atoms with van der Waals surface area (Å²) in [6.45, 7) is 9.74. The summed E-state index contributed by atoms with van der Waals surface area (Å²) in [5.74, 6) is 1.40. The summed E-state index contributed by atoms with van der Waals surface area (Å²) in [6.07, 6.45) is 2.43. The molecule has 0 aromatic heterocycles. The van der Waals surface area contributed by atoms with E-state index in [1.54, 1.807) is 0 Å². The molecular formula is C16H28N2. The van der Waals surface area contributed by atoms with Crippen LogP contribution in [0.5, 0.6) is 0 Å². The highest BCUT2D eigenvalue weighted by Crippen LogP contribution is 2.18. The first-order valence-electron chi connectivity index (χ1n) is 7.17. The Kier molecular flexibility index (Phi) is 6.81. The zero-order valence-electron chi connectivity index (χ0n) is 12.1. The van der Waals surface area contributed by atoms with Gasteiger partial charge < -0.3 is 10.6 Å². The Morgan fingerprint density at radius 1 is 1.17 bits per heavy atom. The van der Waals surface area contributed by atoms with Crippen LogP contribution in [0.25, 0.3) is 0 Å². The molecule has 1 unspecified atom stereocenters. The number of benzene rings is 1. The Labute approximate surface area is 112 Å². The van der Waals surface area contributed by atoms with Crippen molar-refractivity contribution in [3.05, 3.63) is 30.3 Å². The summed E-state index contributed by atoms with van der Waals surface area (Å²) in [5, 5.41) is 0. The van der Waals surface area contributed by atoms with Gasteiger partial charge >= 0.3 is 0 Å². The van der Waals surface area contributed by atoms with Crippen molar-refractivity contribution in [1.82, 2.24) is 0 Å². The number of nitrogens with zero attached hydrogens (tertiary/aromatic N) is 1. The molecule has 0 aliphatic carbocycles. The van der Waals surface area contributed by atoms with Crippen LogP contribution in [0.4, 0.5) is 5.69 Å². The van der Waals surface area contributed by atoms with E-state index in [-0.39, 0.29) is 0 Å². The summed E-state index contributed by atoms with van der Waals surface area (Å²) in [4.78, 5) is 2.43. The first-order chi connectivity index (χ1) is 8.67. The molecule has 1 aromatic rings. The molecule has 2 nitrogen and oxygen atoms in total. The molecule has 0 amide bonds. The van der Waals surface area contributed by atoms with Gasteiger partial charge in [0, 0.05) is 18.8 Å². The number of hydrogen-bond acceptors (Lipinski definition) is 2. The second-order valence-corrected chi connectivity index (χ2v) is 5.44. The molecule has 0 fully saturated rings. The van der Waals surface area contributed by atoms with Gasteiger partial charge in [0.05, 0.1) is 0 Å². The smallest absolute Gasteiger partial charge is 0.0366 e. The molecule has 0 saturated carbocycles. The zero-order chi connectivity index (χ0) is 13.4. The Morgan fingerprint density at radius 2 is 1.83 bits per heavy atom. The van der Waals surface area contributed by atoms with E-state index in [9.17, 15) is 0 Å². The molecule has 102 valence electrons. The van der Waals surface area contributed by atoms with Gasteiger partial charge in [0.1, 0.15) is 0 Å². The third kappa shape index (κ3) is 5.09. The minimum absolute atomic E-state index is 0.655. The standard InChI is InChI=1S/C16H28N2/c1-4-18(16-8-6-5-7-9-16)11-10-15(13-17)12-14(2)3/h5-9,14-15H,4,10-13,17H2,1-3H3. The Morgan fingerprint density at radius 3 is 2.33 bits per heavy atom. The molecule has 18 heavy (non-hydrogen) atoms. The van der Waals surface area contributed by atoms with Crippen LogP contribution in [0.1, 0.15) is 33.6 Å². The third-order valence-corrected chi connectivity index (χ3v) is 3.45. The lowest BCUT2D eigenvalue weighted by Gasteiger charge is -2.26. The van der Waals surface area contributed by atoms with E-state index < -0.39 is 0 Å². The fraction of sp³-hybridized carbons (Fsp3) is 0.625. The molecule has 1 atom stereocenters. The largest absolute Gasteiger partial charge is 0.372 e. The van der Waals surface area contributed by atoms with Gasteiger partial charge in [-0.2, -0.15) is 0 Å². The molecule has 0 aliphatic rings. The van der Waals surface area contributed by atoms with E-state index in [0.29, 0.717) is 5.92 Å². The Bertz CT molecular complexity index is 308. The van der Waals surface area contributed by atoms with Crippen molar-refractivity contribution < 1.29 is 0 Å². The van der Waals surface area contributed by atoms with Gasteiger partial charge in [-0.1, -0.05) is 32.0 Å². The van der Waals surface area contributed by atoms with Crippen LogP contribution in [0.2, 0.25) is 0 Å². The highest BCUT2D eigenvalue weighted by molar-refractivity contribution is 5.45.